The van der Waals surface area contributed by atoms with Crippen LogP contribution in [0, 0.1) is 11.8 Å². The molecule has 0 spiro atoms. The van der Waals surface area contributed by atoms with Gasteiger partial charge in [-0.05, 0) is 31.1 Å². The third-order valence-corrected chi connectivity index (χ3v) is 3.88. The number of hydrogen-bond donors (Lipinski definition) is 2. The smallest absolute Gasteiger partial charge is 0.227 e. The maximum atomic E-state index is 12.3. The molecule has 0 aliphatic carbocycles. The zero-order valence-corrected chi connectivity index (χ0v) is 13.9. The molecule has 2 heterocycles. The lowest BCUT2D eigenvalue weighted by molar-refractivity contribution is -0.121. The highest BCUT2D eigenvalue weighted by atomic mass is 35.5. The number of aromatic nitrogens is 2. The molecule has 0 bridgehead atoms. The van der Waals surface area contributed by atoms with Crippen LogP contribution in [0.5, 0.6) is 0 Å². The standard InChI is InChI=1S/C15H18N4O.2ClH/c1-11(12-8-17-9-12)15(20)18-13-4-2-3-5-14(13)19-7-6-16-10-19;;/h2-7,10-12,17H,8-9H2,1H3,(H,18,20);2*1H. The number of hydrogen-bond acceptors (Lipinski definition) is 3. The summed E-state index contributed by atoms with van der Waals surface area (Å²) in [6.45, 7) is 3.84. The van der Waals surface area contributed by atoms with Gasteiger partial charge in [-0.2, -0.15) is 0 Å². The van der Waals surface area contributed by atoms with Crippen LogP contribution in [0.4, 0.5) is 5.69 Å². The summed E-state index contributed by atoms with van der Waals surface area (Å²) in [6, 6.07) is 7.75. The largest absolute Gasteiger partial charge is 0.324 e. The highest BCUT2D eigenvalue weighted by Crippen LogP contribution is 2.22. The van der Waals surface area contributed by atoms with Gasteiger partial charge in [0.2, 0.25) is 5.91 Å². The molecule has 1 fully saturated rings. The van der Waals surface area contributed by atoms with Crippen molar-refractivity contribution in [2.24, 2.45) is 11.8 Å². The second-order valence-electron chi connectivity index (χ2n) is 5.18. The second kappa shape index (κ2) is 8.17. The fourth-order valence-corrected chi connectivity index (χ4v) is 2.33. The van der Waals surface area contributed by atoms with E-state index < -0.39 is 0 Å². The van der Waals surface area contributed by atoms with Gasteiger partial charge in [-0.15, -0.1) is 24.8 Å². The average Bonchev–Trinajstić information content (AvgIpc) is 2.91. The number of carbonyl (C=O) groups excluding carboxylic acids is 1. The number of nitrogens with zero attached hydrogens (tertiary/aromatic N) is 2. The number of carbonyl (C=O) groups is 1. The molecule has 5 nitrogen and oxygen atoms in total. The molecule has 2 N–H and O–H groups in total. The summed E-state index contributed by atoms with van der Waals surface area (Å²) < 4.78 is 1.89. The molecule has 1 aliphatic heterocycles. The second-order valence-corrected chi connectivity index (χ2v) is 5.18. The van der Waals surface area contributed by atoms with E-state index >= 15 is 0 Å². The lowest BCUT2D eigenvalue weighted by Gasteiger charge is -2.31. The zero-order chi connectivity index (χ0) is 13.9. The van der Waals surface area contributed by atoms with Crippen LogP contribution in [-0.4, -0.2) is 28.5 Å². The van der Waals surface area contributed by atoms with E-state index in [0.717, 1.165) is 24.5 Å². The Bertz CT molecular complexity index is 599. The Morgan fingerprint density at radius 2 is 2.09 bits per heavy atom. The van der Waals surface area contributed by atoms with Crippen LogP contribution >= 0.6 is 24.8 Å². The summed E-state index contributed by atoms with van der Waals surface area (Å²) in [5.74, 6) is 0.534. The maximum Gasteiger partial charge on any atom is 0.227 e. The zero-order valence-electron chi connectivity index (χ0n) is 12.2. The van der Waals surface area contributed by atoms with Gasteiger partial charge in [0.05, 0.1) is 17.7 Å². The predicted molar refractivity (Wildman–Crippen MR) is 92.2 cm³/mol. The molecule has 1 aromatic carbocycles. The number of rotatable bonds is 4. The van der Waals surface area contributed by atoms with Crippen LogP contribution in [-0.2, 0) is 4.79 Å². The van der Waals surface area contributed by atoms with Gasteiger partial charge in [-0.25, -0.2) is 4.98 Å². The van der Waals surface area contributed by atoms with E-state index in [1.165, 1.54) is 0 Å². The molecule has 1 aromatic heterocycles. The SMILES string of the molecule is CC(C(=O)Nc1ccccc1-n1ccnc1)C1CNC1.Cl.Cl. The highest BCUT2D eigenvalue weighted by molar-refractivity contribution is 5.94. The molecule has 1 saturated heterocycles. The number of amides is 1. The van der Waals surface area contributed by atoms with Gasteiger partial charge in [0.25, 0.3) is 0 Å². The first kappa shape index (κ1) is 18.5. The number of anilines is 1. The van der Waals surface area contributed by atoms with Gasteiger partial charge in [-0.3, -0.25) is 4.79 Å². The summed E-state index contributed by atoms with van der Waals surface area (Å²) in [5, 5.41) is 6.23. The monoisotopic (exact) mass is 342 g/mol. The van der Waals surface area contributed by atoms with Crippen LogP contribution in [0.3, 0.4) is 0 Å². The molecule has 0 radical (unpaired) electrons. The molecule has 22 heavy (non-hydrogen) atoms. The van der Waals surface area contributed by atoms with Crippen molar-refractivity contribution >= 4 is 36.4 Å². The number of imidazole rings is 1. The quantitative estimate of drug-likeness (QED) is 0.897. The summed E-state index contributed by atoms with van der Waals surface area (Å²) in [6.07, 6.45) is 5.32. The molecule has 1 aliphatic rings. The van der Waals surface area contributed by atoms with E-state index in [4.69, 9.17) is 0 Å². The number of halogens is 2. The van der Waals surface area contributed by atoms with Crippen molar-refractivity contribution in [1.82, 2.24) is 14.9 Å². The molecule has 120 valence electrons. The highest BCUT2D eigenvalue weighted by Gasteiger charge is 2.28. The van der Waals surface area contributed by atoms with Crippen molar-refractivity contribution in [2.45, 2.75) is 6.92 Å². The number of nitrogens with one attached hydrogen (secondary N) is 2. The molecule has 0 saturated carbocycles. The van der Waals surface area contributed by atoms with Crippen molar-refractivity contribution in [3.8, 4) is 5.69 Å². The Kier molecular flexibility index (Phi) is 6.87. The van der Waals surface area contributed by atoms with E-state index in [-0.39, 0.29) is 36.6 Å². The Morgan fingerprint density at radius 1 is 1.36 bits per heavy atom. The van der Waals surface area contributed by atoms with Gasteiger partial charge in [0, 0.05) is 18.3 Å². The third-order valence-electron chi connectivity index (χ3n) is 3.88. The molecule has 1 atom stereocenters. The summed E-state index contributed by atoms with van der Waals surface area (Å²) in [7, 11) is 0. The Balaban J connectivity index is 0.00000121. The number of benzene rings is 1. The van der Waals surface area contributed by atoms with Gasteiger partial charge >= 0.3 is 0 Å². The van der Waals surface area contributed by atoms with E-state index in [9.17, 15) is 4.79 Å². The fraction of sp³-hybridized carbons (Fsp3) is 0.333. The first-order valence-electron chi connectivity index (χ1n) is 6.84. The van der Waals surface area contributed by atoms with Crippen LogP contribution in [0.15, 0.2) is 43.0 Å². The lowest BCUT2D eigenvalue weighted by atomic mass is 9.88. The lowest BCUT2D eigenvalue weighted by Crippen LogP contribution is -2.48. The summed E-state index contributed by atoms with van der Waals surface area (Å²) >= 11 is 0. The Morgan fingerprint density at radius 3 is 2.68 bits per heavy atom. The van der Waals surface area contributed by atoms with Crippen LogP contribution in [0.2, 0.25) is 0 Å². The van der Waals surface area contributed by atoms with Crippen molar-refractivity contribution in [3.63, 3.8) is 0 Å². The maximum absolute atomic E-state index is 12.3. The van der Waals surface area contributed by atoms with E-state index in [0.29, 0.717) is 5.92 Å². The summed E-state index contributed by atoms with van der Waals surface area (Å²) in [5.41, 5.74) is 1.74. The van der Waals surface area contributed by atoms with E-state index in [1.54, 1.807) is 12.5 Å². The molecule has 7 heteroatoms. The Hall–Kier alpha value is -1.56. The van der Waals surface area contributed by atoms with Gasteiger partial charge in [0.1, 0.15) is 0 Å². The van der Waals surface area contributed by atoms with Crippen molar-refractivity contribution in [1.29, 1.82) is 0 Å². The van der Waals surface area contributed by atoms with Crippen molar-refractivity contribution < 1.29 is 4.79 Å². The molecule has 3 rings (SSSR count). The van der Waals surface area contributed by atoms with Crippen molar-refractivity contribution in [2.75, 3.05) is 18.4 Å². The van der Waals surface area contributed by atoms with Gasteiger partial charge < -0.3 is 15.2 Å². The van der Waals surface area contributed by atoms with E-state index in [1.807, 2.05) is 42.0 Å². The van der Waals surface area contributed by atoms with Crippen LogP contribution < -0.4 is 10.6 Å². The van der Waals surface area contributed by atoms with E-state index in [2.05, 4.69) is 15.6 Å². The topological polar surface area (TPSA) is 59.0 Å². The minimum atomic E-state index is 0. The van der Waals surface area contributed by atoms with Crippen LogP contribution in [0.25, 0.3) is 5.69 Å². The van der Waals surface area contributed by atoms with Gasteiger partial charge in [0.15, 0.2) is 0 Å². The average molecular weight is 343 g/mol. The minimum Gasteiger partial charge on any atom is -0.324 e. The Labute approximate surface area is 142 Å². The van der Waals surface area contributed by atoms with Crippen LogP contribution in [0.1, 0.15) is 6.92 Å². The first-order chi connectivity index (χ1) is 9.75. The molecular weight excluding hydrogens is 323 g/mol. The molecule has 2 aromatic rings. The first-order valence-corrected chi connectivity index (χ1v) is 6.84. The summed E-state index contributed by atoms with van der Waals surface area (Å²) in [4.78, 5) is 16.4. The number of para-hydroxylation sites is 2. The third kappa shape index (κ3) is 3.80. The molecule has 1 amide bonds. The predicted octanol–water partition coefficient (Wildman–Crippen LogP) is 2.51. The fourth-order valence-electron chi connectivity index (χ4n) is 2.33. The molecule has 1 unspecified atom stereocenters. The normalized spacial score (nSPS) is 15.0. The molecular formula is C15H20Cl2N4O. The van der Waals surface area contributed by atoms with Crippen molar-refractivity contribution in [3.05, 3.63) is 43.0 Å². The minimum absolute atomic E-state index is 0. The van der Waals surface area contributed by atoms with Gasteiger partial charge in [-0.1, -0.05) is 19.1 Å².